The number of hydrogen-bond acceptors (Lipinski definition) is 1. The highest BCUT2D eigenvalue weighted by Crippen LogP contribution is 2.45. The zero-order valence-electron chi connectivity index (χ0n) is 7.46. The lowest BCUT2D eigenvalue weighted by molar-refractivity contribution is 0.0564. The van der Waals surface area contributed by atoms with E-state index in [1.807, 2.05) is 0 Å². The van der Waals surface area contributed by atoms with Gasteiger partial charge in [0.05, 0.1) is 12.7 Å². The van der Waals surface area contributed by atoms with Crippen molar-refractivity contribution in [1.29, 1.82) is 0 Å². The molecule has 1 heterocycles. The molecule has 0 bridgehead atoms. The van der Waals surface area contributed by atoms with Gasteiger partial charge in [0.25, 0.3) is 0 Å². The number of fused-ring (bicyclic) bond motifs is 3. The van der Waals surface area contributed by atoms with Gasteiger partial charge >= 0.3 is 0 Å². The third-order valence-electron chi connectivity index (χ3n) is 3.75. The van der Waals surface area contributed by atoms with Gasteiger partial charge in [0.2, 0.25) is 0 Å². The maximum Gasteiger partial charge on any atom is 0.0819 e. The Morgan fingerprint density at radius 2 is 2.17 bits per heavy atom. The molecule has 0 N–H and O–H groups in total. The average Bonchev–Trinajstić information content (AvgIpc) is 2.62. The summed E-state index contributed by atoms with van der Waals surface area (Å²) in [6, 6.07) is 0. The number of hydrogen-bond donors (Lipinski definition) is 0. The Morgan fingerprint density at radius 3 is 3.17 bits per heavy atom. The summed E-state index contributed by atoms with van der Waals surface area (Å²) in [6.07, 6.45) is 10.0. The van der Waals surface area contributed by atoms with Gasteiger partial charge in [0.15, 0.2) is 0 Å². The second kappa shape index (κ2) is 2.59. The zero-order chi connectivity index (χ0) is 7.97. The van der Waals surface area contributed by atoms with Crippen LogP contribution in [-0.4, -0.2) is 12.7 Å². The molecule has 0 aromatic carbocycles. The Hall–Kier alpha value is -0.300. The molecular formula is C11H16O. The van der Waals surface area contributed by atoms with E-state index >= 15 is 0 Å². The molecule has 0 radical (unpaired) electrons. The van der Waals surface area contributed by atoms with E-state index in [0.717, 1.165) is 18.4 Å². The van der Waals surface area contributed by atoms with Gasteiger partial charge in [-0.15, -0.1) is 0 Å². The van der Waals surface area contributed by atoms with Crippen molar-refractivity contribution in [2.45, 2.75) is 38.2 Å². The van der Waals surface area contributed by atoms with Gasteiger partial charge in [-0.2, -0.15) is 0 Å². The highest BCUT2D eigenvalue weighted by Gasteiger charge is 2.40. The van der Waals surface area contributed by atoms with Crippen LogP contribution in [0.1, 0.15) is 32.1 Å². The van der Waals surface area contributed by atoms with Crippen LogP contribution in [0.2, 0.25) is 0 Å². The van der Waals surface area contributed by atoms with Crippen LogP contribution in [-0.2, 0) is 4.74 Å². The molecule has 66 valence electrons. The molecule has 1 nitrogen and oxygen atoms in total. The van der Waals surface area contributed by atoms with Crippen LogP contribution >= 0.6 is 0 Å². The average molecular weight is 164 g/mol. The minimum Gasteiger partial charge on any atom is -0.373 e. The lowest BCUT2D eigenvalue weighted by Crippen LogP contribution is -2.24. The molecule has 1 saturated carbocycles. The van der Waals surface area contributed by atoms with Crippen molar-refractivity contribution < 1.29 is 4.74 Å². The van der Waals surface area contributed by atoms with Crippen molar-refractivity contribution in [1.82, 2.24) is 0 Å². The maximum absolute atomic E-state index is 5.78. The molecular weight excluding hydrogens is 148 g/mol. The van der Waals surface area contributed by atoms with Gasteiger partial charge in [-0.1, -0.05) is 18.9 Å². The largest absolute Gasteiger partial charge is 0.373 e. The lowest BCUT2D eigenvalue weighted by Gasteiger charge is -2.28. The predicted octanol–water partition coefficient (Wildman–Crippen LogP) is 2.52. The summed E-state index contributed by atoms with van der Waals surface area (Å²) in [7, 11) is 0. The SMILES string of the molecule is C1=C2CCOC2C2CCCCC12. The molecule has 2 fully saturated rings. The fraction of sp³-hybridized carbons (Fsp3) is 0.818. The van der Waals surface area contributed by atoms with Crippen molar-refractivity contribution in [3.8, 4) is 0 Å². The first-order valence-electron chi connectivity index (χ1n) is 5.27. The summed E-state index contributed by atoms with van der Waals surface area (Å²) in [4.78, 5) is 0. The van der Waals surface area contributed by atoms with Crippen LogP contribution < -0.4 is 0 Å². The molecule has 3 unspecified atom stereocenters. The molecule has 3 rings (SSSR count). The molecule has 1 heteroatoms. The predicted molar refractivity (Wildman–Crippen MR) is 47.9 cm³/mol. The van der Waals surface area contributed by atoms with E-state index in [2.05, 4.69) is 6.08 Å². The first kappa shape index (κ1) is 7.14. The van der Waals surface area contributed by atoms with Gasteiger partial charge in [-0.05, 0) is 36.7 Å². The van der Waals surface area contributed by atoms with E-state index in [4.69, 9.17) is 4.74 Å². The lowest BCUT2D eigenvalue weighted by atomic mass is 9.80. The molecule has 3 aliphatic rings. The van der Waals surface area contributed by atoms with Gasteiger partial charge < -0.3 is 4.74 Å². The highest BCUT2D eigenvalue weighted by atomic mass is 16.5. The fourth-order valence-corrected chi connectivity index (χ4v) is 3.18. The molecule has 1 aliphatic heterocycles. The van der Waals surface area contributed by atoms with Crippen molar-refractivity contribution in [3.63, 3.8) is 0 Å². The molecule has 0 amide bonds. The van der Waals surface area contributed by atoms with Crippen LogP contribution in [0.25, 0.3) is 0 Å². The molecule has 12 heavy (non-hydrogen) atoms. The Morgan fingerprint density at radius 1 is 1.25 bits per heavy atom. The van der Waals surface area contributed by atoms with Crippen LogP contribution in [0, 0.1) is 11.8 Å². The normalized spacial score (nSPS) is 45.3. The Balaban J connectivity index is 1.87. The summed E-state index contributed by atoms with van der Waals surface area (Å²) in [6.45, 7) is 0.986. The van der Waals surface area contributed by atoms with Gasteiger partial charge in [0.1, 0.15) is 0 Å². The first-order chi connectivity index (χ1) is 5.95. The zero-order valence-corrected chi connectivity index (χ0v) is 7.46. The van der Waals surface area contributed by atoms with E-state index in [1.54, 1.807) is 5.57 Å². The molecule has 2 aliphatic carbocycles. The number of allylic oxidation sites excluding steroid dienone is 1. The molecule has 1 saturated heterocycles. The molecule has 0 aromatic rings. The minimum atomic E-state index is 0.551. The van der Waals surface area contributed by atoms with Crippen LogP contribution in [0.5, 0.6) is 0 Å². The molecule has 0 aromatic heterocycles. The maximum atomic E-state index is 5.78. The number of rotatable bonds is 0. The van der Waals surface area contributed by atoms with Crippen LogP contribution in [0.4, 0.5) is 0 Å². The third kappa shape index (κ3) is 0.891. The number of ether oxygens (including phenoxy) is 1. The standard InChI is InChI=1S/C11H16O/c1-2-4-10-8(3-1)7-9-5-6-12-11(9)10/h7-8,10-11H,1-6H2. The second-order valence-electron chi connectivity index (χ2n) is 4.40. The van der Waals surface area contributed by atoms with Crippen LogP contribution in [0.3, 0.4) is 0 Å². The summed E-state index contributed by atoms with van der Waals surface area (Å²) in [5, 5.41) is 0. The monoisotopic (exact) mass is 164 g/mol. The summed E-state index contributed by atoms with van der Waals surface area (Å²) < 4.78 is 5.78. The highest BCUT2D eigenvalue weighted by molar-refractivity contribution is 5.23. The molecule has 3 atom stereocenters. The van der Waals surface area contributed by atoms with E-state index in [0.29, 0.717) is 6.10 Å². The van der Waals surface area contributed by atoms with E-state index in [1.165, 1.54) is 32.1 Å². The van der Waals surface area contributed by atoms with Crippen molar-refractivity contribution in [2.75, 3.05) is 6.61 Å². The quantitative estimate of drug-likeness (QED) is 0.500. The smallest absolute Gasteiger partial charge is 0.0819 e. The van der Waals surface area contributed by atoms with Gasteiger partial charge in [-0.25, -0.2) is 0 Å². The second-order valence-corrected chi connectivity index (χ2v) is 4.40. The summed E-state index contributed by atoms with van der Waals surface area (Å²) >= 11 is 0. The van der Waals surface area contributed by atoms with Crippen LogP contribution in [0.15, 0.2) is 11.6 Å². The molecule has 0 spiro atoms. The summed E-state index contributed by atoms with van der Waals surface area (Å²) in [5.41, 5.74) is 1.63. The topological polar surface area (TPSA) is 9.23 Å². The summed E-state index contributed by atoms with van der Waals surface area (Å²) in [5.74, 6) is 1.76. The minimum absolute atomic E-state index is 0.551. The van der Waals surface area contributed by atoms with E-state index in [9.17, 15) is 0 Å². The van der Waals surface area contributed by atoms with E-state index < -0.39 is 0 Å². The van der Waals surface area contributed by atoms with Gasteiger partial charge in [-0.3, -0.25) is 0 Å². The first-order valence-corrected chi connectivity index (χ1v) is 5.27. The Labute approximate surface area is 73.8 Å². The van der Waals surface area contributed by atoms with Crippen molar-refractivity contribution in [2.24, 2.45) is 11.8 Å². The van der Waals surface area contributed by atoms with E-state index in [-0.39, 0.29) is 0 Å². The van der Waals surface area contributed by atoms with Crippen molar-refractivity contribution in [3.05, 3.63) is 11.6 Å². The third-order valence-corrected chi connectivity index (χ3v) is 3.75. The van der Waals surface area contributed by atoms with Gasteiger partial charge in [0, 0.05) is 0 Å². The Kier molecular flexibility index (Phi) is 1.54. The fourth-order valence-electron chi connectivity index (χ4n) is 3.18. The van der Waals surface area contributed by atoms with Crippen molar-refractivity contribution >= 4 is 0 Å². The Bertz CT molecular complexity index is 219.